The molecule has 104 valence electrons. The zero-order chi connectivity index (χ0) is 13.1. The number of carbonyl (C=O) groups excluding carboxylic acids is 1. The van der Waals surface area contributed by atoms with Crippen LogP contribution in [0.2, 0.25) is 0 Å². The maximum Gasteiger partial charge on any atom is 0.237 e. The van der Waals surface area contributed by atoms with Crippen LogP contribution in [0.5, 0.6) is 0 Å². The monoisotopic (exact) mass is 253 g/mol. The molecule has 2 heterocycles. The Morgan fingerprint density at radius 1 is 1.28 bits per heavy atom. The van der Waals surface area contributed by atoms with Gasteiger partial charge in [-0.1, -0.05) is 0 Å². The fourth-order valence-electron chi connectivity index (χ4n) is 3.35. The van der Waals surface area contributed by atoms with Gasteiger partial charge in [-0.2, -0.15) is 0 Å². The van der Waals surface area contributed by atoms with E-state index in [9.17, 15) is 4.79 Å². The van der Waals surface area contributed by atoms with Crippen LogP contribution in [-0.2, 0) is 4.79 Å². The average molecular weight is 253 g/mol. The van der Waals surface area contributed by atoms with E-state index in [1.165, 1.54) is 6.42 Å². The molecule has 3 unspecified atom stereocenters. The molecule has 1 N–H and O–H groups in total. The first-order chi connectivity index (χ1) is 8.59. The molecule has 0 aliphatic carbocycles. The number of piperidine rings is 1. The minimum absolute atomic E-state index is 0.309. The standard InChI is InChI=1S/C14H27N3O/c1-11-5-4-6-12(2)17(11)14(18)10-16(3)13-7-8-15-9-13/h11-13,15H,4-10H2,1-3H3. The molecule has 4 heteroatoms. The molecule has 0 radical (unpaired) electrons. The van der Waals surface area contributed by atoms with Crippen LogP contribution >= 0.6 is 0 Å². The van der Waals surface area contributed by atoms with Gasteiger partial charge in [-0.15, -0.1) is 0 Å². The van der Waals surface area contributed by atoms with E-state index in [1.54, 1.807) is 0 Å². The highest BCUT2D eigenvalue weighted by atomic mass is 16.2. The van der Waals surface area contributed by atoms with Gasteiger partial charge in [0.05, 0.1) is 6.54 Å². The Hall–Kier alpha value is -0.610. The first kappa shape index (κ1) is 13.8. The largest absolute Gasteiger partial charge is 0.336 e. The van der Waals surface area contributed by atoms with Crippen LogP contribution in [0.15, 0.2) is 0 Å². The summed E-state index contributed by atoms with van der Waals surface area (Å²) in [6, 6.07) is 1.36. The smallest absolute Gasteiger partial charge is 0.237 e. The Morgan fingerprint density at radius 3 is 2.50 bits per heavy atom. The van der Waals surface area contributed by atoms with E-state index >= 15 is 0 Å². The van der Waals surface area contributed by atoms with Gasteiger partial charge in [-0.3, -0.25) is 9.69 Å². The van der Waals surface area contributed by atoms with Crippen molar-refractivity contribution in [2.24, 2.45) is 0 Å². The average Bonchev–Trinajstić information content (AvgIpc) is 2.81. The van der Waals surface area contributed by atoms with Gasteiger partial charge in [0, 0.05) is 24.7 Å². The lowest BCUT2D eigenvalue weighted by Gasteiger charge is -2.40. The first-order valence-corrected chi connectivity index (χ1v) is 7.31. The van der Waals surface area contributed by atoms with Gasteiger partial charge in [-0.05, 0) is 53.1 Å². The summed E-state index contributed by atoms with van der Waals surface area (Å²) in [5, 5.41) is 3.36. The number of carbonyl (C=O) groups is 1. The molecular weight excluding hydrogens is 226 g/mol. The molecular formula is C14H27N3O. The number of rotatable bonds is 3. The Kier molecular flexibility index (Phi) is 4.62. The number of nitrogens with one attached hydrogen (secondary N) is 1. The van der Waals surface area contributed by atoms with Crippen LogP contribution in [0.3, 0.4) is 0 Å². The van der Waals surface area contributed by atoms with Gasteiger partial charge >= 0.3 is 0 Å². The fraction of sp³-hybridized carbons (Fsp3) is 0.929. The van der Waals surface area contributed by atoms with Crippen LogP contribution in [0, 0.1) is 0 Å². The third-order valence-electron chi connectivity index (χ3n) is 4.52. The van der Waals surface area contributed by atoms with E-state index in [2.05, 4.69) is 36.0 Å². The Labute approximate surface area is 111 Å². The predicted octanol–water partition coefficient (Wildman–Crippen LogP) is 1.07. The highest BCUT2D eigenvalue weighted by molar-refractivity contribution is 5.79. The highest BCUT2D eigenvalue weighted by Gasteiger charge is 2.30. The summed E-state index contributed by atoms with van der Waals surface area (Å²) >= 11 is 0. The summed E-state index contributed by atoms with van der Waals surface area (Å²) in [5.41, 5.74) is 0. The van der Waals surface area contributed by atoms with Crippen molar-refractivity contribution in [1.29, 1.82) is 0 Å². The van der Waals surface area contributed by atoms with Crippen LogP contribution in [0.1, 0.15) is 39.5 Å². The van der Waals surface area contributed by atoms with Crippen LogP contribution in [-0.4, -0.2) is 60.5 Å². The third-order valence-corrected chi connectivity index (χ3v) is 4.52. The molecule has 2 rings (SSSR count). The van der Waals surface area contributed by atoms with Crippen molar-refractivity contribution in [2.75, 3.05) is 26.7 Å². The quantitative estimate of drug-likeness (QED) is 0.817. The summed E-state index contributed by atoms with van der Waals surface area (Å²) in [7, 11) is 2.08. The number of nitrogens with zero attached hydrogens (tertiary/aromatic N) is 2. The molecule has 18 heavy (non-hydrogen) atoms. The molecule has 0 aromatic carbocycles. The summed E-state index contributed by atoms with van der Waals surface area (Å²) in [5.74, 6) is 0.309. The second-order valence-corrected chi connectivity index (χ2v) is 5.99. The molecule has 1 amide bonds. The molecule has 0 aromatic rings. The molecule has 2 saturated heterocycles. The van der Waals surface area contributed by atoms with E-state index in [1.807, 2.05) is 0 Å². The van der Waals surface area contributed by atoms with Crippen molar-refractivity contribution < 1.29 is 4.79 Å². The number of hydrogen-bond acceptors (Lipinski definition) is 3. The van der Waals surface area contributed by atoms with Crippen LogP contribution in [0.4, 0.5) is 0 Å². The van der Waals surface area contributed by atoms with Crippen molar-refractivity contribution in [3.63, 3.8) is 0 Å². The lowest BCUT2D eigenvalue weighted by atomic mass is 9.97. The van der Waals surface area contributed by atoms with Crippen molar-refractivity contribution in [3.8, 4) is 0 Å². The normalized spacial score (nSPS) is 33.1. The van der Waals surface area contributed by atoms with E-state index < -0.39 is 0 Å². The van der Waals surface area contributed by atoms with Gasteiger partial charge in [0.15, 0.2) is 0 Å². The molecule has 0 spiro atoms. The summed E-state index contributed by atoms with van der Waals surface area (Å²) < 4.78 is 0. The number of likely N-dealkylation sites (tertiary alicyclic amines) is 1. The summed E-state index contributed by atoms with van der Waals surface area (Å²) in [6.07, 6.45) is 4.74. The topological polar surface area (TPSA) is 35.6 Å². The Bertz CT molecular complexity index is 279. The third kappa shape index (κ3) is 3.04. The van der Waals surface area contributed by atoms with Gasteiger partial charge < -0.3 is 10.2 Å². The molecule has 0 bridgehead atoms. The zero-order valence-corrected chi connectivity index (χ0v) is 12.0. The Balaban J connectivity index is 1.89. The predicted molar refractivity (Wildman–Crippen MR) is 73.5 cm³/mol. The SMILES string of the molecule is CC1CCCC(C)N1C(=O)CN(C)C1CCNC1. The highest BCUT2D eigenvalue weighted by Crippen LogP contribution is 2.22. The first-order valence-electron chi connectivity index (χ1n) is 7.31. The Morgan fingerprint density at radius 2 is 1.94 bits per heavy atom. The van der Waals surface area contributed by atoms with E-state index in [-0.39, 0.29) is 0 Å². The van der Waals surface area contributed by atoms with Gasteiger partial charge in [0.1, 0.15) is 0 Å². The molecule has 0 saturated carbocycles. The lowest BCUT2D eigenvalue weighted by Crippen LogP contribution is -2.51. The summed E-state index contributed by atoms with van der Waals surface area (Å²) in [6.45, 7) is 7.05. The lowest BCUT2D eigenvalue weighted by molar-refractivity contribution is -0.138. The minimum atomic E-state index is 0.309. The second kappa shape index (κ2) is 6.02. The maximum atomic E-state index is 12.4. The van der Waals surface area contributed by atoms with Crippen LogP contribution < -0.4 is 5.32 Å². The van der Waals surface area contributed by atoms with Crippen LogP contribution in [0.25, 0.3) is 0 Å². The maximum absolute atomic E-state index is 12.4. The van der Waals surface area contributed by atoms with Gasteiger partial charge in [0.25, 0.3) is 0 Å². The molecule has 2 aliphatic heterocycles. The zero-order valence-electron chi connectivity index (χ0n) is 12.0. The fourth-order valence-corrected chi connectivity index (χ4v) is 3.35. The van der Waals surface area contributed by atoms with E-state index in [0.29, 0.717) is 30.6 Å². The van der Waals surface area contributed by atoms with Crippen molar-refractivity contribution >= 4 is 5.91 Å². The molecule has 3 atom stereocenters. The number of likely N-dealkylation sites (N-methyl/N-ethyl adjacent to an activating group) is 1. The summed E-state index contributed by atoms with van der Waals surface area (Å²) in [4.78, 5) is 16.8. The molecule has 2 aliphatic rings. The van der Waals surface area contributed by atoms with Gasteiger partial charge in [0.2, 0.25) is 5.91 Å². The van der Waals surface area contributed by atoms with Gasteiger partial charge in [-0.25, -0.2) is 0 Å². The van der Waals surface area contributed by atoms with Crippen molar-refractivity contribution in [1.82, 2.24) is 15.1 Å². The minimum Gasteiger partial charge on any atom is -0.336 e. The second-order valence-electron chi connectivity index (χ2n) is 5.99. The van der Waals surface area contributed by atoms with Crippen molar-refractivity contribution in [3.05, 3.63) is 0 Å². The molecule has 4 nitrogen and oxygen atoms in total. The van der Waals surface area contributed by atoms with E-state index in [0.717, 1.165) is 32.4 Å². The van der Waals surface area contributed by atoms with Crippen molar-refractivity contribution in [2.45, 2.75) is 57.7 Å². The molecule has 2 fully saturated rings. The van der Waals surface area contributed by atoms with E-state index in [4.69, 9.17) is 0 Å². The number of amides is 1. The number of hydrogen-bond donors (Lipinski definition) is 1. The molecule has 0 aromatic heterocycles.